The number of halogens is 1. The maximum Gasteiger partial charge on any atom is 0.119 e. The Hall–Kier alpha value is -1.36. The first-order valence-corrected chi connectivity index (χ1v) is 7.87. The quantitative estimate of drug-likeness (QED) is 0.743. The molecule has 2 aromatic carbocycles. The topological polar surface area (TPSA) is 35.2 Å². The first-order chi connectivity index (χ1) is 9.67. The summed E-state index contributed by atoms with van der Waals surface area (Å²) in [4.78, 5) is 1.16. The zero-order valence-electron chi connectivity index (χ0n) is 11.0. The first-order valence-electron chi connectivity index (χ1n) is 6.26. The maximum absolute atomic E-state index is 6.34. The van der Waals surface area contributed by atoms with E-state index in [9.17, 15) is 0 Å². The van der Waals surface area contributed by atoms with Crippen molar-refractivity contribution in [3.8, 4) is 5.75 Å². The summed E-state index contributed by atoms with van der Waals surface area (Å²) in [6.07, 6.45) is 0. The number of thiophene rings is 1. The van der Waals surface area contributed by atoms with E-state index in [1.807, 2.05) is 18.2 Å². The molecule has 0 saturated carbocycles. The van der Waals surface area contributed by atoms with Crippen molar-refractivity contribution in [2.75, 3.05) is 7.11 Å². The van der Waals surface area contributed by atoms with Gasteiger partial charge in [-0.05, 0) is 62.6 Å². The van der Waals surface area contributed by atoms with Gasteiger partial charge in [0.25, 0.3) is 0 Å². The molecule has 0 bridgehead atoms. The number of hydrogen-bond acceptors (Lipinski definition) is 3. The lowest BCUT2D eigenvalue weighted by Crippen LogP contribution is -2.09. The minimum Gasteiger partial charge on any atom is -0.497 e. The molecule has 0 aliphatic heterocycles. The zero-order chi connectivity index (χ0) is 14.1. The number of hydrogen-bond donors (Lipinski definition) is 1. The minimum atomic E-state index is -0.0854. The number of methoxy groups -OCH3 is 1. The SMILES string of the molecule is COc1ccc2cc(C(N)c3ccc(Br)s3)ccc2c1. The molecule has 0 spiro atoms. The van der Waals surface area contributed by atoms with Gasteiger partial charge in [-0.2, -0.15) is 0 Å². The van der Waals surface area contributed by atoms with Gasteiger partial charge in [0.2, 0.25) is 0 Å². The number of rotatable bonds is 3. The van der Waals surface area contributed by atoms with Gasteiger partial charge in [0.05, 0.1) is 16.9 Å². The van der Waals surface area contributed by atoms with Crippen LogP contribution in [0.3, 0.4) is 0 Å². The Balaban J connectivity index is 2.00. The number of nitrogens with two attached hydrogens (primary N) is 1. The second-order valence-electron chi connectivity index (χ2n) is 4.59. The monoisotopic (exact) mass is 347 g/mol. The van der Waals surface area contributed by atoms with Gasteiger partial charge in [-0.3, -0.25) is 0 Å². The minimum absolute atomic E-state index is 0.0854. The molecule has 1 heterocycles. The van der Waals surface area contributed by atoms with Crippen molar-refractivity contribution in [3.63, 3.8) is 0 Å². The van der Waals surface area contributed by atoms with Gasteiger partial charge in [0.15, 0.2) is 0 Å². The van der Waals surface area contributed by atoms with Crippen LogP contribution in [0.15, 0.2) is 52.3 Å². The van der Waals surface area contributed by atoms with E-state index >= 15 is 0 Å². The van der Waals surface area contributed by atoms with Gasteiger partial charge in [0, 0.05) is 4.88 Å². The summed E-state index contributed by atoms with van der Waals surface area (Å²) in [5, 5.41) is 2.34. The summed E-state index contributed by atoms with van der Waals surface area (Å²) >= 11 is 5.15. The van der Waals surface area contributed by atoms with Gasteiger partial charge < -0.3 is 10.5 Å². The van der Waals surface area contributed by atoms with Crippen molar-refractivity contribution in [2.24, 2.45) is 5.73 Å². The van der Waals surface area contributed by atoms with Gasteiger partial charge in [-0.15, -0.1) is 11.3 Å². The second kappa shape index (κ2) is 5.56. The van der Waals surface area contributed by atoms with Crippen LogP contribution in [0.2, 0.25) is 0 Å². The maximum atomic E-state index is 6.34. The molecule has 3 aromatic rings. The summed E-state index contributed by atoms with van der Waals surface area (Å²) in [6.45, 7) is 0. The van der Waals surface area contributed by atoms with Crippen LogP contribution >= 0.6 is 27.3 Å². The third-order valence-electron chi connectivity index (χ3n) is 3.33. The van der Waals surface area contributed by atoms with Crippen LogP contribution in [-0.4, -0.2) is 7.11 Å². The van der Waals surface area contributed by atoms with E-state index in [2.05, 4.69) is 46.3 Å². The van der Waals surface area contributed by atoms with Crippen LogP contribution in [-0.2, 0) is 0 Å². The molecule has 2 nitrogen and oxygen atoms in total. The van der Waals surface area contributed by atoms with Crippen molar-refractivity contribution in [1.82, 2.24) is 0 Å². The highest BCUT2D eigenvalue weighted by atomic mass is 79.9. The smallest absolute Gasteiger partial charge is 0.119 e. The Morgan fingerprint density at radius 1 is 1.05 bits per heavy atom. The number of fused-ring (bicyclic) bond motifs is 1. The molecule has 0 aliphatic rings. The highest BCUT2D eigenvalue weighted by molar-refractivity contribution is 9.11. The molecule has 1 unspecified atom stereocenters. The molecule has 1 atom stereocenters. The fourth-order valence-corrected chi connectivity index (χ4v) is 3.68. The van der Waals surface area contributed by atoms with Gasteiger partial charge in [0.1, 0.15) is 5.75 Å². The van der Waals surface area contributed by atoms with Crippen LogP contribution in [0, 0.1) is 0 Å². The fourth-order valence-electron chi connectivity index (χ4n) is 2.22. The predicted octanol–water partition coefficient (Wildman–Crippen LogP) is 4.72. The van der Waals surface area contributed by atoms with E-state index in [0.717, 1.165) is 25.4 Å². The zero-order valence-corrected chi connectivity index (χ0v) is 13.4. The summed E-state index contributed by atoms with van der Waals surface area (Å²) in [5.74, 6) is 0.872. The molecule has 3 rings (SSSR count). The highest BCUT2D eigenvalue weighted by Gasteiger charge is 2.11. The lowest BCUT2D eigenvalue weighted by molar-refractivity contribution is 0.415. The molecule has 2 N–H and O–H groups in total. The van der Waals surface area contributed by atoms with Gasteiger partial charge in [-0.1, -0.05) is 18.2 Å². The second-order valence-corrected chi connectivity index (χ2v) is 7.09. The molecule has 0 aliphatic carbocycles. The van der Waals surface area contributed by atoms with E-state index in [4.69, 9.17) is 10.5 Å². The molecule has 0 saturated heterocycles. The Morgan fingerprint density at radius 2 is 1.80 bits per heavy atom. The van der Waals surface area contributed by atoms with E-state index < -0.39 is 0 Å². The third kappa shape index (κ3) is 2.59. The van der Waals surface area contributed by atoms with Gasteiger partial charge >= 0.3 is 0 Å². The lowest BCUT2D eigenvalue weighted by Gasteiger charge is -2.11. The first kappa shape index (κ1) is 13.6. The Labute approximate surface area is 130 Å². The van der Waals surface area contributed by atoms with Crippen LogP contribution in [0.5, 0.6) is 5.75 Å². The molecule has 20 heavy (non-hydrogen) atoms. The van der Waals surface area contributed by atoms with Crippen molar-refractivity contribution in [3.05, 3.63) is 62.8 Å². The molecule has 4 heteroatoms. The molecule has 0 fully saturated rings. The molecule has 0 radical (unpaired) electrons. The summed E-state index contributed by atoms with van der Waals surface area (Å²) in [7, 11) is 1.68. The van der Waals surface area contributed by atoms with Crippen LogP contribution in [0.25, 0.3) is 10.8 Å². The van der Waals surface area contributed by atoms with E-state index in [-0.39, 0.29) is 6.04 Å². The summed E-state index contributed by atoms with van der Waals surface area (Å²) < 4.78 is 6.35. The van der Waals surface area contributed by atoms with E-state index in [0.29, 0.717) is 0 Å². The molecule has 0 amide bonds. The number of benzene rings is 2. The van der Waals surface area contributed by atoms with Crippen molar-refractivity contribution >= 4 is 38.0 Å². The average molecular weight is 348 g/mol. The molecular weight excluding hydrogens is 334 g/mol. The summed E-state index contributed by atoms with van der Waals surface area (Å²) in [6, 6.07) is 16.4. The fraction of sp³-hybridized carbons (Fsp3) is 0.125. The van der Waals surface area contributed by atoms with E-state index in [1.165, 1.54) is 5.39 Å². The third-order valence-corrected chi connectivity index (χ3v) is 5.04. The predicted molar refractivity (Wildman–Crippen MR) is 88.5 cm³/mol. The van der Waals surface area contributed by atoms with Crippen LogP contribution in [0.4, 0.5) is 0 Å². The van der Waals surface area contributed by atoms with Crippen molar-refractivity contribution in [2.45, 2.75) is 6.04 Å². The number of ether oxygens (including phenoxy) is 1. The highest BCUT2D eigenvalue weighted by Crippen LogP contribution is 2.31. The van der Waals surface area contributed by atoms with Crippen molar-refractivity contribution < 1.29 is 4.74 Å². The largest absolute Gasteiger partial charge is 0.497 e. The van der Waals surface area contributed by atoms with E-state index in [1.54, 1.807) is 18.4 Å². The summed E-state index contributed by atoms with van der Waals surface area (Å²) in [5.41, 5.74) is 7.46. The average Bonchev–Trinajstić information content (AvgIpc) is 2.92. The lowest BCUT2D eigenvalue weighted by atomic mass is 10.0. The van der Waals surface area contributed by atoms with Crippen molar-refractivity contribution in [1.29, 1.82) is 0 Å². The Bertz CT molecular complexity index is 753. The van der Waals surface area contributed by atoms with Crippen LogP contribution in [0.1, 0.15) is 16.5 Å². The Kier molecular flexibility index (Phi) is 3.78. The van der Waals surface area contributed by atoms with Crippen LogP contribution < -0.4 is 10.5 Å². The molecule has 102 valence electrons. The Morgan fingerprint density at radius 3 is 2.50 bits per heavy atom. The normalized spacial score (nSPS) is 12.6. The molecule has 1 aromatic heterocycles. The standard InChI is InChI=1S/C16H14BrNOS/c1-19-13-5-4-10-8-12(3-2-11(10)9-13)16(18)14-6-7-15(17)20-14/h2-9,16H,18H2,1H3. The van der Waals surface area contributed by atoms with Gasteiger partial charge in [-0.25, -0.2) is 0 Å². The molecular formula is C16H14BrNOS.